The van der Waals surface area contributed by atoms with Gasteiger partial charge in [0, 0.05) is 10.9 Å². The van der Waals surface area contributed by atoms with Crippen molar-refractivity contribution >= 4 is 17.3 Å². The van der Waals surface area contributed by atoms with Gasteiger partial charge in [-0.2, -0.15) is 0 Å². The molecular formula is C15H18N2O3S. The Morgan fingerprint density at radius 1 is 1.62 bits per heavy atom. The number of furan rings is 1. The Hall–Kier alpha value is -1.66. The Balaban J connectivity index is 1.81. The van der Waals surface area contributed by atoms with Crippen LogP contribution in [0.15, 0.2) is 16.7 Å². The number of rotatable bonds is 4. The highest BCUT2D eigenvalue weighted by atomic mass is 32.1. The molecule has 0 aromatic carbocycles. The van der Waals surface area contributed by atoms with Crippen LogP contribution < -0.4 is 0 Å². The van der Waals surface area contributed by atoms with Gasteiger partial charge in [-0.25, -0.2) is 9.78 Å². The SMILES string of the molecule is Cc1nc2c(s1)[C@@H](N(C)Cc1occc1C(=O)O)CCC2. The highest BCUT2D eigenvalue weighted by molar-refractivity contribution is 7.11. The fraction of sp³-hybridized carbons (Fsp3) is 0.467. The lowest BCUT2D eigenvalue weighted by Gasteiger charge is -2.30. The number of carboxylic acid groups (broad SMARTS) is 1. The van der Waals surface area contributed by atoms with Crippen LogP contribution in [-0.2, 0) is 13.0 Å². The van der Waals surface area contributed by atoms with E-state index >= 15 is 0 Å². The van der Waals surface area contributed by atoms with E-state index in [0.29, 0.717) is 18.3 Å². The van der Waals surface area contributed by atoms with Crippen molar-refractivity contribution < 1.29 is 14.3 Å². The van der Waals surface area contributed by atoms with Crippen LogP contribution in [0, 0.1) is 6.92 Å². The molecule has 1 aliphatic rings. The van der Waals surface area contributed by atoms with E-state index in [9.17, 15) is 4.79 Å². The number of aryl methyl sites for hydroxylation is 2. The van der Waals surface area contributed by atoms with Gasteiger partial charge < -0.3 is 9.52 Å². The first-order valence-electron chi connectivity index (χ1n) is 7.02. The molecule has 0 saturated heterocycles. The summed E-state index contributed by atoms with van der Waals surface area (Å²) >= 11 is 1.75. The summed E-state index contributed by atoms with van der Waals surface area (Å²) in [5.41, 5.74) is 1.46. The second kappa shape index (κ2) is 5.61. The molecule has 5 nitrogen and oxygen atoms in total. The Bertz CT molecular complexity index is 662. The minimum atomic E-state index is -0.940. The van der Waals surface area contributed by atoms with Gasteiger partial charge in [-0.15, -0.1) is 11.3 Å². The van der Waals surface area contributed by atoms with Crippen molar-refractivity contribution in [3.8, 4) is 0 Å². The molecule has 0 fully saturated rings. The van der Waals surface area contributed by atoms with Crippen molar-refractivity contribution in [3.63, 3.8) is 0 Å². The first-order chi connectivity index (χ1) is 10.1. The molecule has 0 spiro atoms. The third-order valence-electron chi connectivity index (χ3n) is 3.93. The summed E-state index contributed by atoms with van der Waals surface area (Å²) in [4.78, 5) is 19.2. The highest BCUT2D eigenvalue weighted by Gasteiger charge is 2.28. The molecule has 6 heteroatoms. The zero-order chi connectivity index (χ0) is 15.0. The highest BCUT2D eigenvalue weighted by Crippen LogP contribution is 2.38. The first-order valence-corrected chi connectivity index (χ1v) is 7.84. The summed E-state index contributed by atoms with van der Waals surface area (Å²) in [6, 6.07) is 1.81. The van der Waals surface area contributed by atoms with Crippen LogP contribution in [0.1, 0.15) is 50.6 Å². The number of nitrogens with zero attached hydrogens (tertiary/aromatic N) is 2. The number of aromatic carboxylic acids is 1. The fourth-order valence-corrected chi connectivity index (χ4v) is 4.10. The summed E-state index contributed by atoms with van der Waals surface area (Å²) < 4.78 is 5.35. The monoisotopic (exact) mass is 306 g/mol. The largest absolute Gasteiger partial charge is 0.478 e. The molecule has 0 unspecified atom stereocenters. The van der Waals surface area contributed by atoms with Gasteiger partial charge >= 0.3 is 5.97 Å². The number of hydrogen-bond acceptors (Lipinski definition) is 5. The average molecular weight is 306 g/mol. The summed E-state index contributed by atoms with van der Waals surface area (Å²) in [5, 5.41) is 10.3. The molecular weight excluding hydrogens is 288 g/mol. The standard InChI is InChI=1S/C15H18N2O3S/c1-9-16-11-4-3-5-12(14(11)21-9)17(2)8-13-10(15(18)19)6-7-20-13/h6-7,12H,3-5,8H2,1-2H3,(H,18,19)/t12-/m0/s1. The van der Waals surface area contributed by atoms with Crippen LogP contribution in [0.4, 0.5) is 0 Å². The smallest absolute Gasteiger partial charge is 0.339 e. The molecule has 1 atom stereocenters. The van der Waals surface area contributed by atoms with Crippen LogP contribution in [0.25, 0.3) is 0 Å². The van der Waals surface area contributed by atoms with Crippen LogP contribution in [0.3, 0.4) is 0 Å². The van der Waals surface area contributed by atoms with Gasteiger partial charge in [0.2, 0.25) is 0 Å². The van der Waals surface area contributed by atoms with Gasteiger partial charge in [0.1, 0.15) is 11.3 Å². The van der Waals surface area contributed by atoms with E-state index in [1.165, 1.54) is 22.9 Å². The number of fused-ring (bicyclic) bond motifs is 1. The summed E-state index contributed by atoms with van der Waals surface area (Å²) in [6.07, 6.45) is 4.68. The van der Waals surface area contributed by atoms with Gasteiger partial charge in [-0.1, -0.05) is 0 Å². The Labute approximate surface area is 127 Å². The van der Waals surface area contributed by atoms with Crippen LogP contribution in [-0.4, -0.2) is 28.0 Å². The summed E-state index contributed by atoms with van der Waals surface area (Å²) in [6.45, 7) is 2.53. The maximum Gasteiger partial charge on any atom is 0.339 e. The Kier molecular flexibility index (Phi) is 3.82. The van der Waals surface area contributed by atoms with Crippen molar-refractivity contribution in [2.45, 2.75) is 38.8 Å². The lowest BCUT2D eigenvalue weighted by molar-refractivity contribution is 0.0692. The molecule has 2 aromatic heterocycles. The van der Waals surface area contributed by atoms with E-state index in [1.54, 1.807) is 11.3 Å². The first kappa shape index (κ1) is 14.3. The van der Waals surface area contributed by atoms with E-state index < -0.39 is 5.97 Å². The Morgan fingerprint density at radius 2 is 2.43 bits per heavy atom. The topological polar surface area (TPSA) is 66.6 Å². The molecule has 3 rings (SSSR count). The number of carbonyl (C=O) groups is 1. The molecule has 1 N–H and O–H groups in total. The molecule has 0 bridgehead atoms. The Morgan fingerprint density at radius 3 is 3.19 bits per heavy atom. The molecule has 0 radical (unpaired) electrons. The predicted molar refractivity (Wildman–Crippen MR) is 79.7 cm³/mol. The van der Waals surface area contributed by atoms with Gasteiger partial charge in [0.25, 0.3) is 0 Å². The quantitative estimate of drug-likeness (QED) is 0.939. The molecule has 21 heavy (non-hydrogen) atoms. The third-order valence-corrected chi connectivity index (χ3v) is 5.04. The van der Waals surface area contributed by atoms with Gasteiger partial charge in [-0.3, -0.25) is 4.90 Å². The molecule has 0 amide bonds. The molecule has 0 saturated carbocycles. The van der Waals surface area contributed by atoms with E-state index in [4.69, 9.17) is 9.52 Å². The van der Waals surface area contributed by atoms with Gasteiger partial charge in [0.15, 0.2) is 0 Å². The van der Waals surface area contributed by atoms with Gasteiger partial charge in [0.05, 0.1) is 23.5 Å². The third kappa shape index (κ3) is 2.73. The number of hydrogen-bond donors (Lipinski definition) is 1. The molecule has 2 heterocycles. The minimum Gasteiger partial charge on any atom is -0.478 e. The number of thiazole rings is 1. The van der Waals surface area contributed by atoms with Crippen molar-refractivity contribution in [3.05, 3.63) is 39.2 Å². The number of carboxylic acids is 1. The number of aromatic nitrogens is 1. The molecule has 0 aliphatic heterocycles. The molecule has 2 aromatic rings. The lowest BCUT2D eigenvalue weighted by atomic mass is 9.97. The zero-order valence-corrected chi connectivity index (χ0v) is 12.9. The van der Waals surface area contributed by atoms with Crippen LogP contribution in [0.2, 0.25) is 0 Å². The maximum atomic E-state index is 11.2. The average Bonchev–Trinajstić information content (AvgIpc) is 3.02. The van der Waals surface area contributed by atoms with Crippen molar-refractivity contribution in [1.29, 1.82) is 0 Å². The van der Waals surface area contributed by atoms with Crippen molar-refractivity contribution in [2.24, 2.45) is 0 Å². The van der Waals surface area contributed by atoms with Crippen LogP contribution >= 0.6 is 11.3 Å². The maximum absolute atomic E-state index is 11.2. The summed E-state index contributed by atoms with van der Waals surface area (Å²) in [5.74, 6) is -0.427. The second-order valence-corrected chi connectivity index (χ2v) is 6.66. The zero-order valence-electron chi connectivity index (χ0n) is 12.1. The predicted octanol–water partition coefficient (Wildman–Crippen LogP) is 3.25. The summed E-state index contributed by atoms with van der Waals surface area (Å²) in [7, 11) is 2.02. The fourth-order valence-electron chi connectivity index (χ4n) is 2.93. The van der Waals surface area contributed by atoms with E-state index in [-0.39, 0.29) is 5.56 Å². The molecule has 1 aliphatic carbocycles. The normalized spacial score (nSPS) is 18.0. The van der Waals surface area contributed by atoms with Crippen molar-refractivity contribution in [1.82, 2.24) is 9.88 Å². The minimum absolute atomic E-state index is 0.248. The molecule has 112 valence electrons. The second-order valence-electron chi connectivity index (χ2n) is 5.43. The van der Waals surface area contributed by atoms with E-state index in [0.717, 1.165) is 24.3 Å². The van der Waals surface area contributed by atoms with Gasteiger partial charge in [-0.05, 0) is 39.3 Å². The lowest BCUT2D eigenvalue weighted by Crippen LogP contribution is -2.27. The van der Waals surface area contributed by atoms with Crippen molar-refractivity contribution in [2.75, 3.05) is 7.05 Å². The van der Waals surface area contributed by atoms with Crippen LogP contribution in [0.5, 0.6) is 0 Å². The van der Waals surface area contributed by atoms with E-state index in [2.05, 4.69) is 9.88 Å². The van der Waals surface area contributed by atoms with E-state index in [1.807, 2.05) is 14.0 Å².